The van der Waals surface area contributed by atoms with Crippen LogP contribution >= 0.6 is 0 Å². The molecule has 7 nitrogen and oxygen atoms in total. The average Bonchev–Trinajstić information content (AvgIpc) is 3.06. The van der Waals surface area contributed by atoms with E-state index in [1.54, 1.807) is 0 Å². The van der Waals surface area contributed by atoms with E-state index < -0.39 is 46.2 Å². The third kappa shape index (κ3) is 4.61. The molecule has 0 radical (unpaired) electrons. The Morgan fingerprint density at radius 3 is 2.17 bits per heavy atom. The molecule has 1 aromatic carbocycles. The fraction of sp³-hybridized carbons (Fsp3) is 0.500. The molecule has 0 bridgehead atoms. The van der Waals surface area contributed by atoms with Crippen LogP contribution in [-0.4, -0.2) is 47.8 Å². The highest BCUT2D eigenvalue weighted by atomic mass is 19.3. The maximum Gasteiger partial charge on any atom is 0.395 e. The number of carbonyl (C=O) groups is 1. The summed E-state index contributed by atoms with van der Waals surface area (Å²) in [5.74, 6) is -1.56. The maximum absolute atomic E-state index is 14.0. The van der Waals surface area contributed by atoms with Crippen molar-refractivity contribution in [3.05, 3.63) is 57.9 Å². The Bertz CT molecular complexity index is 1180. The minimum absolute atomic E-state index is 0.243. The smallest absolute Gasteiger partial charge is 0.395 e. The van der Waals surface area contributed by atoms with Crippen molar-refractivity contribution in [1.82, 2.24) is 14.8 Å². The van der Waals surface area contributed by atoms with E-state index in [2.05, 4.69) is 10.1 Å². The summed E-state index contributed by atoms with van der Waals surface area (Å²) in [5.41, 5.74) is -1.46. The lowest BCUT2D eigenvalue weighted by molar-refractivity contribution is -0.159. The second-order valence-electron chi connectivity index (χ2n) is 9.71. The number of amides is 2. The molecule has 2 amide bonds. The van der Waals surface area contributed by atoms with Crippen LogP contribution in [0.3, 0.4) is 0 Å². The van der Waals surface area contributed by atoms with Crippen LogP contribution in [-0.2, 0) is 12.6 Å². The summed E-state index contributed by atoms with van der Waals surface area (Å²) in [6, 6.07) is 5.64. The molecule has 1 aromatic heterocycles. The van der Waals surface area contributed by atoms with Gasteiger partial charge < -0.3 is 10.1 Å². The van der Waals surface area contributed by atoms with Crippen LogP contribution in [0.15, 0.2) is 35.1 Å². The largest absolute Gasteiger partial charge is 0.427 e. The van der Waals surface area contributed by atoms with Crippen LogP contribution in [0.1, 0.15) is 38.2 Å². The molecule has 0 unspecified atom stereocenters. The number of pyridine rings is 1. The van der Waals surface area contributed by atoms with Gasteiger partial charge in [-0.2, -0.15) is 8.78 Å². The summed E-state index contributed by atoms with van der Waals surface area (Å²) in [6.07, 6.45) is -1.39. The van der Waals surface area contributed by atoms with Gasteiger partial charge in [-0.05, 0) is 69.6 Å². The van der Waals surface area contributed by atoms with Gasteiger partial charge in [-0.15, -0.1) is 0 Å². The molecule has 1 spiro atoms. The van der Waals surface area contributed by atoms with Crippen LogP contribution in [0, 0.1) is 11.6 Å². The second-order valence-corrected chi connectivity index (χ2v) is 9.71. The lowest BCUT2D eigenvalue weighted by atomic mass is 9.69. The lowest BCUT2D eigenvalue weighted by Crippen LogP contribution is -2.54. The topological polar surface area (TPSA) is 66.8 Å². The Labute approximate surface area is 200 Å². The minimum Gasteiger partial charge on any atom is -0.427 e. The zero-order valence-electron chi connectivity index (χ0n) is 20.0. The van der Waals surface area contributed by atoms with E-state index in [0.717, 1.165) is 16.7 Å². The molecule has 1 aliphatic carbocycles. The standard InChI is InChI=1S/C24H28F4N4O3/c1-22(27,28)35-18-5-6-19(31(4)20(18)33)32-14-23(29-21(32)34)7-9-24(10-8-23,30(2)3)15-11-16(25)13-17(26)12-15/h5-6,11-13H,7-10,14H2,1-4H3,(H,29,34). The number of anilines is 1. The first kappa shape index (κ1) is 25.0. The number of hydrogen-bond donors (Lipinski definition) is 1. The third-order valence-corrected chi connectivity index (χ3v) is 7.18. The predicted molar refractivity (Wildman–Crippen MR) is 122 cm³/mol. The second kappa shape index (κ2) is 8.54. The van der Waals surface area contributed by atoms with E-state index in [1.165, 1.54) is 30.1 Å². The van der Waals surface area contributed by atoms with E-state index in [0.29, 0.717) is 38.2 Å². The Kier molecular flexibility index (Phi) is 6.11. The molecular weight excluding hydrogens is 468 g/mol. The highest BCUT2D eigenvalue weighted by Crippen LogP contribution is 2.46. The molecule has 2 aromatic rings. The third-order valence-electron chi connectivity index (χ3n) is 7.18. The van der Waals surface area contributed by atoms with Crippen molar-refractivity contribution in [2.75, 3.05) is 25.5 Å². The molecule has 190 valence electrons. The molecule has 2 aliphatic rings. The number of hydrogen-bond acceptors (Lipinski definition) is 4. The Hall–Kier alpha value is -3.08. The van der Waals surface area contributed by atoms with E-state index in [-0.39, 0.29) is 12.4 Å². The number of rotatable bonds is 5. The molecule has 1 N–H and O–H groups in total. The molecule has 1 saturated heterocycles. The van der Waals surface area contributed by atoms with Crippen LogP contribution < -0.4 is 20.5 Å². The van der Waals surface area contributed by atoms with Gasteiger partial charge in [-0.25, -0.2) is 13.6 Å². The Morgan fingerprint density at radius 1 is 1.03 bits per heavy atom. The summed E-state index contributed by atoms with van der Waals surface area (Å²) >= 11 is 0. The first-order chi connectivity index (χ1) is 16.3. The molecule has 0 atom stereocenters. The fourth-order valence-corrected chi connectivity index (χ4v) is 5.28. The zero-order chi connectivity index (χ0) is 25.8. The first-order valence-corrected chi connectivity index (χ1v) is 11.3. The SMILES string of the molecule is CN(C)C1(c2cc(F)cc(F)c2)CCC2(CC1)CN(c1ccc(OC(C)(F)F)c(=O)n1C)C(=O)N2. The van der Waals surface area contributed by atoms with Gasteiger partial charge in [-0.1, -0.05) is 0 Å². The van der Waals surface area contributed by atoms with Crippen LogP contribution in [0.4, 0.5) is 28.2 Å². The van der Waals surface area contributed by atoms with E-state index in [4.69, 9.17) is 0 Å². The highest BCUT2D eigenvalue weighted by molar-refractivity contribution is 5.94. The fourth-order valence-electron chi connectivity index (χ4n) is 5.28. The van der Waals surface area contributed by atoms with E-state index in [9.17, 15) is 27.2 Å². The predicted octanol–water partition coefficient (Wildman–Crippen LogP) is 3.95. The summed E-state index contributed by atoms with van der Waals surface area (Å²) in [7, 11) is 5.10. The highest BCUT2D eigenvalue weighted by Gasteiger charge is 2.51. The maximum atomic E-state index is 14.0. The molecule has 2 heterocycles. The number of benzene rings is 1. The number of carbonyl (C=O) groups excluding carboxylic acids is 1. The van der Waals surface area contributed by atoms with Crippen LogP contribution in [0.5, 0.6) is 5.75 Å². The monoisotopic (exact) mass is 496 g/mol. The summed E-state index contributed by atoms with van der Waals surface area (Å²) in [6.45, 7) is 0.789. The Balaban J connectivity index is 1.58. The zero-order valence-corrected chi connectivity index (χ0v) is 20.0. The molecule has 1 aliphatic heterocycles. The first-order valence-electron chi connectivity index (χ1n) is 11.3. The van der Waals surface area contributed by atoms with Gasteiger partial charge >= 0.3 is 12.1 Å². The molecular formula is C24H28F4N4O3. The van der Waals surface area contributed by atoms with Crippen molar-refractivity contribution in [1.29, 1.82) is 0 Å². The number of nitrogens with one attached hydrogen (secondary N) is 1. The number of alkyl halides is 2. The summed E-state index contributed by atoms with van der Waals surface area (Å²) < 4.78 is 59.9. The van der Waals surface area contributed by atoms with Crippen molar-refractivity contribution < 1.29 is 27.1 Å². The van der Waals surface area contributed by atoms with Crippen molar-refractivity contribution >= 4 is 11.8 Å². The van der Waals surface area contributed by atoms with Gasteiger partial charge in [0.15, 0.2) is 5.75 Å². The van der Waals surface area contributed by atoms with E-state index in [1.807, 2.05) is 19.0 Å². The molecule has 1 saturated carbocycles. The van der Waals surface area contributed by atoms with Gasteiger partial charge in [-0.3, -0.25) is 19.2 Å². The molecule has 2 fully saturated rings. The number of halogens is 4. The van der Waals surface area contributed by atoms with Crippen LogP contribution in [0.2, 0.25) is 0 Å². The number of nitrogens with zero attached hydrogens (tertiary/aromatic N) is 3. The summed E-state index contributed by atoms with van der Waals surface area (Å²) in [5, 5.41) is 3.02. The Morgan fingerprint density at radius 2 is 1.63 bits per heavy atom. The summed E-state index contributed by atoms with van der Waals surface area (Å²) in [4.78, 5) is 28.8. The van der Waals surface area contributed by atoms with E-state index >= 15 is 0 Å². The van der Waals surface area contributed by atoms with Crippen molar-refractivity contribution in [3.8, 4) is 5.75 Å². The molecule has 4 rings (SSSR count). The number of urea groups is 1. The normalized spacial score (nSPS) is 24.8. The minimum atomic E-state index is -3.52. The van der Waals surface area contributed by atoms with Crippen molar-refractivity contribution in [2.45, 2.75) is 49.8 Å². The quantitative estimate of drug-likeness (QED) is 0.637. The van der Waals surface area contributed by atoms with Gasteiger partial charge in [0, 0.05) is 25.6 Å². The number of aromatic nitrogens is 1. The van der Waals surface area contributed by atoms with Crippen molar-refractivity contribution in [3.63, 3.8) is 0 Å². The van der Waals surface area contributed by atoms with Gasteiger partial charge in [0.25, 0.3) is 5.56 Å². The van der Waals surface area contributed by atoms with Crippen molar-refractivity contribution in [2.24, 2.45) is 7.05 Å². The van der Waals surface area contributed by atoms with Crippen LogP contribution in [0.25, 0.3) is 0 Å². The van der Waals surface area contributed by atoms with Gasteiger partial charge in [0.1, 0.15) is 17.5 Å². The number of ether oxygens (including phenoxy) is 1. The lowest BCUT2D eigenvalue weighted by Gasteiger charge is -2.48. The van der Waals surface area contributed by atoms with Gasteiger partial charge in [0.2, 0.25) is 0 Å². The average molecular weight is 497 g/mol. The van der Waals surface area contributed by atoms with Gasteiger partial charge in [0.05, 0.1) is 12.1 Å². The molecule has 35 heavy (non-hydrogen) atoms. The molecule has 11 heteroatoms.